The summed E-state index contributed by atoms with van der Waals surface area (Å²) in [6.45, 7) is -0.316. The Morgan fingerprint density at radius 2 is 1.88 bits per heavy atom. The normalized spacial score (nSPS) is 12.2. The Morgan fingerprint density at radius 1 is 1.25 bits per heavy atom. The summed E-state index contributed by atoms with van der Waals surface area (Å²) in [4.78, 5) is 16.6. The predicted octanol–water partition coefficient (Wildman–Crippen LogP) is 2.41. The molecule has 1 unspecified atom stereocenters. The highest BCUT2D eigenvalue weighted by Gasteiger charge is 2.18. The third kappa shape index (κ3) is 4.36. The number of halogens is 2. The number of aliphatic hydroxyl groups excluding tert-OH is 1. The number of nitrogens with zero attached hydrogens (tertiary/aromatic N) is 1. The van der Waals surface area contributed by atoms with Gasteiger partial charge in [0.25, 0.3) is 5.91 Å². The molecule has 0 saturated heterocycles. The summed E-state index contributed by atoms with van der Waals surface area (Å²) in [6.07, 6.45) is -0.00453. The number of benzene rings is 2. The van der Waals surface area contributed by atoms with Gasteiger partial charge >= 0.3 is 0 Å². The van der Waals surface area contributed by atoms with Crippen molar-refractivity contribution in [2.75, 3.05) is 13.7 Å². The van der Waals surface area contributed by atoms with Crippen LogP contribution in [0.3, 0.4) is 0 Å². The molecule has 0 saturated carbocycles. The van der Waals surface area contributed by atoms with E-state index in [0.29, 0.717) is 5.56 Å². The van der Waals surface area contributed by atoms with Gasteiger partial charge in [0.05, 0.1) is 11.8 Å². The highest BCUT2D eigenvalue weighted by Crippen LogP contribution is 2.20. The number of carbonyl (C=O) groups excluding carboxylic acids is 1. The SMILES string of the molecule is CO/N=C/c1ccc(C(=O)NCC(O)c2c(F)cccc2F)cc1. The average molecular weight is 334 g/mol. The van der Waals surface area contributed by atoms with Gasteiger partial charge in [-0.3, -0.25) is 4.79 Å². The largest absolute Gasteiger partial charge is 0.399 e. The highest BCUT2D eigenvalue weighted by atomic mass is 19.1. The van der Waals surface area contributed by atoms with Crippen LogP contribution in [0, 0.1) is 11.6 Å². The van der Waals surface area contributed by atoms with E-state index < -0.39 is 29.2 Å². The van der Waals surface area contributed by atoms with Gasteiger partial charge in [0.1, 0.15) is 24.8 Å². The number of aliphatic hydroxyl groups is 1. The molecule has 0 aliphatic heterocycles. The molecule has 0 bridgehead atoms. The standard InChI is InChI=1S/C17H16F2N2O3/c1-24-21-9-11-5-7-12(8-6-11)17(23)20-10-15(22)16-13(18)3-2-4-14(16)19/h2-9,15,22H,10H2,1H3,(H,20,23)/b21-9+. The van der Waals surface area contributed by atoms with Crippen LogP contribution in [0.15, 0.2) is 47.6 Å². The van der Waals surface area contributed by atoms with Crippen molar-refractivity contribution in [1.29, 1.82) is 0 Å². The number of hydrogen-bond acceptors (Lipinski definition) is 4. The molecule has 2 N–H and O–H groups in total. The molecule has 0 heterocycles. The van der Waals surface area contributed by atoms with Crippen LogP contribution in [0.1, 0.15) is 27.6 Å². The molecule has 2 aromatic carbocycles. The lowest BCUT2D eigenvalue weighted by Crippen LogP contribution is -2.29. The van der Waals surface area contributed by atoms with Crippen molar-refractivity contribution in [2.45, 2.75) is 6.10 Å². The summed E-state index contributed by atoms with van der Waals surface area (Å²) >= 11 is 0. The maximum absolute atomic E-state index is 13.6. The molecule has 2 rings (SSSR count). The molecular weight excluding hydrogens is 318 g/mol. The van der Waals surface area contributed by atoms with Crippen LogP contribution in [0.25, 0.3) is 0 Å². The van der Waals surface area contributed by atoms with Gasteiger partial charge in [0.2, 0.25) is 0 Å². The first-order chi connectivity index (χ1) is 11.5. The summed E-state index contributed by atoms with van der Waals surface area (Å²) in [5.41, 5.74) is 0.608. The Kier molecular flexibility index (Phi) is 5.97. The summed E-state index contributed by atoms with van der Waals surface area (Å²) in [7, 11) is 1.42. The lowest BCUT2D eigenvalue weighted by Gasteiger charge is -2.14. The minimum Gasteiger partial charge on any atom is -0.399 e. The van der Waals surface area contributed by atoms with E-state index in [1.54, 1.807) is 24.3 Å². The van der Waals surface area contributed by atoms with E-state index in [1.807, 2.05) is 0 Å². The van der Waals surface area contributed by atoms with E-state index in [4.69, 9.17) is 0 Å². The van der Waals surface area contributed by atoms with Gasteiger partial charge in [-0.25, -0.2) is 8.78 Å². The van der Waals surface area contributed by atoms with E-state index in [2.05, 4.69) is 15.3 Å². The fourth-order valence-electron chi connectivity index (χ4n) is 2.06. The first kappa shape index (κ1) is 17.6. The van der Waals surface area contributed by atoms with Crippen molar-refractivity contribution in [3.8, 4) is 0 Å². The lowest BCUT2D eigenvalue weighted by atomic mass is 10.1. The van der Waals surface area contributed by atoms with Gasteiger partial charge in [-0.15, -0.1) is 0 Å². The van der Waals surface area contributed by atoms with Crippen molar-refractivity contribution in [3.63, 3.8) is 0 Å². The topological polar surface area (TPSA) is 70.9 Å². The maximum Gasteiger partial charge on any atom is 0.251 e. The van der Waals surface area contributed by atoms with Gasteiger partial charge in [0, 0.05) is 12.1 Å². The second-order valence-electron chi connectivity index (χ2n) is 4.90. The molecule has 0 aliphatic rings. The number of nitrogens with one attached hydrogen (secondary N) is 1. The van der Waals surface area contributed by atoms with Crippen LogP contribution in [0.4, 0.5) is 8.78 Å². The zero-order chi connectivity index (χ0) is 17.5. The van der Waals surface area contributed by atoms with E-state index in [0.717, 1.165) is 17.7 Å². The zero-order valence-electron chi connectivity index (χ0n) is 12.9. The smallest absolute Gasteiger partial charge is 0.251 e. The molecule has 24 heavy (non-hydrogen) atoms. The summed E-state index contributed by atoms with van der Waals surface area (Å²) in [6, 6.07) is 9.72. The van der Waals surface area contributed by atoms with Crippen LogP contribution >= 0.6 is 0 Å². The minimum absolute atomic E-state index is 0.316. The Morgan fingerprint density at radius 3 is 2.46 bits per heavy atom. The van der Waals surface area contributed by atoms with Gasteiger partial charge < -0.3 is 15.3 Å². The number of oxime groups is 1. The van der Waals surface area contributed by atoms with Gasteiger partial charge in [-0.2, -0.15) is 0 Å². The minimum atomic E-state index is -1.48. The summed E-state index contributed by atoms with van der Waals surface area (Å²) in [5.74, 6) is -2.20. The molecule has 7 heteroatoms. The fourth-order valence-corrected chi connectivity index (χ4v) is 2.06. The van der Waals surface area contributed by atoms with Crippen LogP contribution in [-0.4, -0.2) is 30.9 Å². The second-order valence-corrected chi connectivity index (χ2v) is 4.90. The van der Waals surface area contributed by atoms with E-state index in [9.17, 15) is 18.7 Å². The molecule has 0 aromatic heterocycles. The van der Waals surface area contributed by atoms with E-state index >= 15 is 0 Å². The van der Waals surface area contributed by atoms with Crippen LogP contribution in [0.5, 0.6) is 0 Å². The number of hydrogen-bond donors (Lipinski definition) is 2. The Labute approximate surface area is 137 Å². The molecule has 126 valence electrons. The zero-order valence-corrected chi connectivity index (χ0v) is 12.9. The molecule has 0 spiro atoms. The maximum atomic E-state index is 13.6. The van der Waals surface area contributed by atoms with Gasteiger partial charge in [0.15, 0.2) is 0 Å². The highest BCUT2D eigenvalue weighted by molar-refractivity contribution is 5.95. The fraction of sp³-hybridized carbons (Fsp3) is 0.176. The molecule has 1 amide bonds. The average Bonchev–Trinajstić information content (AvgIpc) is 2.58. The predicted molar refractivity (Wildman–Crippen MR) is 84.7 cm³/mol. The Hall–Kier alpha value is -2.80. The number of amides is 1. The van der Waals surface area contributed by atoms with Crippen molar-refractivity contribution in [3.05, 3.63) is 70.8 Å². The third-order valence-corrected chi connectivity index (χ3v) is 3.27. The van der Waals surface area contributed by atoms with Crippen molar-refractivity contribution in [2.24, 2.45) is 5.16 Å². The number of carbonyl (C=O) groups is 1. The van der Waals surface area contributed by atoms with E-state index in [1.165, 1.54) is 19.4 Å². The quantitative estimate of drug-likeness (QED) is 0.629. The van der Waals surface area contributed by atoms with Crippen LogP contribution in [-0.2, 0) is 4.84 Å². The molecule has 2 aromatic rings. The van der Waals surface area contributed by atoms with Crippen molar-refractivity contribution in [1.82, 2.24) is 5.32 Å². The molecule has 5 nitrogen and oxygen atoms in total. The molecule has 0 fully saturated rings. The van der Waals surface area contributed by atoms with Crippen LogP contribution in [0.2, 0.25) is 0 Å². The van der Waals surface area contributed by atoms with Crippen molar-refractivity contribution < 1.29 is 23.5 Å². The second kappa shape index (κ2) is 8.16. The third-order valence-electron chi connectivity index (χ3n) is 3.27. The first-order valence-corrected chi connectivity index (χ1v) is 7.09. The van der Waals surface area contributed by atoms with Gasteiger partial charge in [-0.05, 0) is 29.8 Å². The molecule has 0 aliphatic carbocycles. The molecule has 1 atom stereocenters. The van der Waals surface area contributed by atoms with Crippen LogP contribution < -0.4 is 5.32 Å². The van der Waals surface area contributed by atoms with Gasteiger partial charge in [-0.1, -0.05) is 23.4 Å². The lowest BCUT2D eigenvalue weighted by molar-refractivity contribution is 0.0911. The van der Waals surface area contributed by atoms with E-state index in [-0.39, 0.29) is 6.54 Å². The molecular formula is C17H16F2N2O3. The van der Waals surface area contributed by atoms with Crippen molar-refractivity contribution >= 4 is 12.1 Å². The monoisotopic (exact) mass is 334 g/mol. The molecule has 0 radical (unpaired) electrons. The summed E-state index contributed by atoms with van der Waals surface area (Å²) < 4.78 is 27.1. The Balaban J connectivity index is 1.99. The first-order valence-electron chi connectivity index (χ1n) is 7.09. The summed E-state index contributed by atoms with van der Waals surface area (Å²) in [5, 5.41) is 15.9. The Bertz CT molecular complexity index is 713. The number of rotatable bonds is 6.